The lowest BCUT2D eigenvalue weighted by atomic mass is 10.1. The average molecular weight is 331 g/mol. The van der Waals surface area contributed by atoms with Gasteiger partial charge in [0.05, 0.1) is 29.2 Å². The van der Waals surface area contributed by atoms with Gasteiger partial charge in [0.15, 0.2) is 5.82 Å². The summed E-state index contributed by atoms with van der Waals surface area (Å²) in [5.41, 5.74) is 9.58. The Kier molecular flexibility index (Phi) is 4.48. The number of benzene rings is 1. The molecule has 3 aromatic rings. The summed E-state index contributed by atoms with van der Waals surface area (Å²) in [7, 11) is 0. The first-order valence-electron chi connectivity index (χ1n) is 7.69. The Hall–Kier alpha value is -3.59. The molecule has 0 radical (unpaired) electrons. The smallest absolute Gasteiger partial charge is 0.219 e. The van der Waals surface area contributed by atoms with Gasteiger partial charge in [-0.2, -0.15) is 5.26 Å². The van der Waals surface area contributed by atoms with Crippen molar-refractivity contribution in [2.24, 2.45) is 0 Å². The fraction of sp³-hybridized carbons (Fsp3) is 0.105. The molecule has 0 unspecified atom stereocenters. The number of ether oxygens (including phenoxy) is 1. The van der Waals surface area contributed by atoms with Crippen molar-refractivity contribution in [3.63, 3.8) is 0 Å². The first-order chi connectivity index (χ1) is 12.1. The number of hydrogen-bond donors (Lipinski definition) is 2. The van der Waals surface area contributed by atoms with Crippen LogP contribution in [0.3, 0.4) is 0 Å². The maximum atomic E-state index is 9.01. The molecule has 0 fully saturated rings. The van der Waals surface area contributed by atoms with Crippen LogP contribution in [-0.4, -0.2) is 9.97 Å². The van der Waals surface area contributed by atoms with Crippen molar-refractivity contribution in [3.05, 3.63) is 65.5 Å². The fourth-order valence-electron chi connectivity index (χ4n) is 2.45. The summed E-state index contributed by atoms with van der Waals surface area (Å²) in [6.45, 7) is 3.81. The molecule has 0 aliphatic carbocycles. The van der Waals surface area contributed by atoms with E-state index in [2.05, 4.69) is 21.4 Å². The molecule has 0 saturated carbocycles. The van der Waals surface area contributed by atoms with E-state index in [1.807, 2.05) is 19.9 Å². The number of nitrogens with one attached hydrogen (secondary N) is 1. The fourth-order valence-corrected chi connectivity index (χ4v) is 2.45. The summed E-state index contributed by atoms with van der Waals surface area (Å²) >= 11 is 0. The number of nitrogen functional groups attached to an aromatic ring is 1. The molecule has 124 valence electrons. The van der Waals surface area contributed by atoms with Gasteiger partial charge in [-0.25, -0.2) is 9.97 Å². The van der Waals surface area contributed by atoms with Crippen LogP contribution in [0.25, 0.3) is 0 Å². The number of pyridine rings is 2. The third kappa shape index (κ3) is 3.67. The second-order valence-corrected chi connectivity index (χ2v) is 5.60. The summed E-state index contributed by atoms with van der Waals surface area (Å²) in [5.74, 6) is 1.76. The highest BCUT2D eigenvalue weighted by Crippen LogP contribution is 2.29. The van der Waals surface area contributed by atoms with Gasteiger partial charge in [-0.05, 0) is 55.3 Å². The van der Waals surface area contributed by atoms with Gasteiger partial charge in [0.25, 0.3) is 0 Å². The normalized spacial score (nSPS) is 10.1. The zero-order valence-electron chi connectivity index (χ0n) is 13.9. The number of nitriles is 1. The molecule has 0 spiro atoms. The number of nitrogens with two attached hydrogens (primary N) is 1. The van der Waals surface area contributed by atoms with Gasteiger partial charge in [-0.15, -0.1) is 0 Å². The average Bonchev–Trinajstić information content (AvgIpc) is 2.61. The van der Waals surface area contributed by atoms with Crippen molar-refractivity contribution in [2.45, 2.75) is 13.8 Å². The first-order valence-corrected chi connectivity index (χ1v) is 7.69. The van der Waals surface area contributed by atoms with Crippen LogP contribution in [0.4, 0.5) is 17.2 Å². The van der Waals surface area contributed by atoms with Crippen LogP contribution in [0.15, 0.2) is 48.8 Å². The van der Waals surface area contributed by atoms with Gasteiger partial charge in [-0.3, -0.25) is 0 Å². The quantitative estimate of drug-likeness (QED) is 0.747. The highest BCUT2D eigenvalue weighted by atomic mass is 16.5. The number of nitrogens with zero attached hydrogens (tertiary/aromatic N) is 3. The van der Waals surface area contributed by atoms with Gasteiger partial charge in [0.1, 0.15) is 5.75 Å². The maximum Gasteiger partial charge on any atom is 0.219 e. The molecule has 6 heteroatoms. The Morgan fingerprint density at radius 1 is 1.12 bits per heavy atom. The second kappa shape index (κ2) is 6.89. The van der Waals surface area contributed by atoms with Crippen LogP contribution in [0, 0.1) is 25.2 Å². The molecule has 0 bridgehead atoms. The number of aromatic nitrogens is 2. The lowest BCUT2D eigenvalue weighted by molar-refractivity contribution is 0.456. The van der Waals surface area contributed by atoms with Gasteiger partial charge < -0.3 is 15.8 Å². The summed E-state index contributed by atoms with van der Waals surface area (Å²) in [6, 6.07) is 12.9. The van der Waals surface area contributed by atoms with E-state index in [4.69, 9.17) is 15.7 Å². The molecule has 0 aliphatic rings. The zero-order chi connectivity index (χ0) is 17.8. The molecule has 2 aromatic heterocycles. The van der Waals surface area contributed by atoms with Crippen LogP contribution in [-0.2, 0) is 0 Å². The molecular formula is C19H17N5O. The molecule has 2 heterocycles. The zero-order valence-corrected chi connectivity index (χ0v) is 13.9. The Morgan fingerprint density at radius 2 is 1.88 bits per heavy atom. The molecule has 0 aliphatic heterocycles. The van der Waals surface area contributed by atoms with E-state index in [0.29, 0.717) is 28.7 Å². The van der Waals surface area contributed by atoms with E-state index in [1.54, 1.807) is 42.7 Å². The minimum Gasteiger partial charge on any atom is -0.438 e. The lowest BCUT2D eigenvalue weighted by Gasteiger charge is -2.12. The largest absolute Gasteiger partial charge is 0.438 e. The minimum absolute atomic E-state index is 0.468. The van der Waals surface area contributed by atoms with E-state index in [0.717, 1.165) is 16.8 Å². The van der Waals surface area contributed by atoms with Crippen molar-refractivity contribution in [1.82, 2.24) is 9.97 Å². The van der Waals surface area contributed by atoms with Crippen LogP contribution < -0.4 is 15.8 Å². The monoisotopic (exact) mass is 331 g/mol. The topological polar surface area (TPSA) is 96.8 Å². The van der Waals surface area contributed by atoms with Crippen LogP contribution >= 0.6 is 0 Å². The Balaban J connectivity index is 1.78. The summed E-state index contributed by atoms with van der Waals surface area (Å²) in [5, 5.41) is 12.1. The predicted octanol–water partition coefficient (Wildman–Crippen LogP) is 4.08. The highest BCUT2D eigenvalue weighted by Gasteiger charge is 2.09. The molecular weight excluding hydrogens is 314 g/mol. The number of aryl methyl sites for hydroxylation is 2. The number of anilines is 3. The van der Waals surface area contributed by atoms with Crippen LogP contribution in [0.1, 0.15) is 16.7 Å². The summed E-state index contributed by atoms with van der Waals surface area (Å²) < 4.78 is 5.88. The van der Waals surface area contributed by atoms with E-state index in [9.17, 15) is 0 Å². The number of rotatable bonds is 4. The standard InChI is InChI=1S/C19H17N5O/c1-12-8-14(10-20)9-13(2)18(12)25-17-6-5-15(11-23-17)24-19-16(21)4-3-7-22-19/h3-9,11H,21H2,1-2H3,(H,22,24). The van der Waals surface area contributed by atoms with E-state index < -0.39 is 0 Å². The molecule has 0 atom stereocenters. The molecule has 3 rings (SSSR count). The Bertz CT molecular complexity index is 922. The third-order valence-electron chi connectivity index (χ3n) is 3.63. The van der Waals surface area contributed by atoms with Crippen molar-refractivity contribution in [3.8, 4) is 17.7 Å². The second-order valence-electron chi connectivity index (χ2n) is 5.60. The van der Waals surface area contributed by atoms with Gasteiger partial charge in [0.2, 0.25) is 5.88 Å². The SMILES string of the molecule is Cc1cc(C#N)cc(C)c1Oc1ccc(Nc2ncccc2N)cn1. The summed E-state index contributed by atoms with van der Waals surface area (Å²) in [6.07, 6.45) is 3.32. The third-order valence-corrected chi connectivity index (χ3v) is 3.63. The first kappa shape index (κ1) is 16.3. The van der Waals surface area contributed by atoms with E-state index in [1.165, 1.54) is 0 Å². The van der Waals surface area contributed by atoms with E-state index in [-0.39, 0.29) is 0 Å². The van der Waals surface area contributed by atoms with Crippen LogP contribution in [0.2, 0.25) is 0 Å². The molecule has 25 heavy (non-hydrogen) atoms. The van der Waals surface area contributed by atoms with Crippen molar-refractivity contribution in [1.29, 1.82) is 5.26 Å². The van der Waals surface area contributed by atoms with Crippen molar-refractivity contribution < 1.29 is 4.74 Å². The molecule has 1 aromatic carbocycles. The van der Waals surface area contributed by atoms with E-state index >= 15 is 0 Å². The van der Waals surface area contributed by atoms with Crippen LogP contribution in [0.5, 0.6) is 11.6 Å². The molecule has 0 saturated heterocycles. The Labute approximate surface area is 145 Å². The molecule has 0 amide bonds. The molecule has 3 N–H and O–H groups in total. The lowest BCUT2D eigenvalue weighted by Crippen LogP contribution is -1.99. The summed E-state index contributed by atoms with van der Waals surface area (Å²) in [4.78, 5) is 8.49. The number of hydrogen-bond acceptors (Lipinski definition) is 6. The Morgan fingerprint density at radius 3 is 2.48 bits per heavy atom. The van der Waals surface area contributed by atoms with Gasteiger partial charge >= 0.3 is 0 Å². The van der Waals surface area contributed by atoms with Crippen molar-refractivity contribution in [2.75, 3.05) is 11.1 Å². The van der Waals surface area contributed by atoms with Crippen molar-refractivity contribution >= 4 is 17.2 Å². The highest BCUT2D eigenvalue weighted by molar-refractivity contribution is 5.67. The molecule has 6 nitrogen and oxygen atoms in total. The minimum atomic E-state index is 0.468. The van der Waals surface area contributed by atoms with Gasteiger partial charge in [0, 0.05) is 12.3 Å². The predicted molar refractivity (Wildman–Crippen MR) is 96.9 cm³/mol. The van der Waals surface area contributed by atoms with Gasteiger partial charge in [-0.1, -0.05) is 0 Å². The maximum absolute atomic E-state index is 9.01.